The van der Waals surface area contributed by atoms with Gasteiger partial charge in [-0.1, -0.05) is 13.8 Å². The van der Waals surface area contributed by atoms with Crippen LogP contribution in [0.4, 0.5) is 5.69 Å². The Balaban J connectivity index is 2.10. The number of benzene rings is 1. The molecule has 108 valence electrons. The largest absolute Gasteiger partial charge is 0.496 e. The van der Waals surface area contributed by atoms with Crippen LogP contribution in [0.15, 0.2) is 22.7 Å². The molecule has 6 heteroatoms. The van der Waals surface area contributed by atoms with Crippen molar-refractivity contribution in [1.29, 1.82) is 0 Å². The fourth-order valence-electron chi connectivity index (χ4n) is 2.55. The van der Waals surface area contributed by atoms with Gasteiger partial charge in [-0.2, -0.15) is 0 Å². The lowest BCUT2D eigenvalue weighted by molar-refractivity contribution is -0.140. The standard InChI is InChI=1S/C14H16BrNO4/c1-14(2)10(11(14)13(18)19)12(17)16-7-4-5-9(20-3)8(15)6-7/h4-6,10-11H,1-3H3,(H,16,17)(H,18,19)/t10-,11+/m1/s1. The molecule has 1 amide bonds. The van der Waals surface area contributed by atoms with Gasteiger partial charge in [0.25, 0.3) is 0 Å². The van der Waals surface area contributed by atoms with Gasteiger partial charge >= 0.3 is 5.97 Å². The summed E-state index contributed by atoms with van der Waals surface area (Å²) in [6, 6.07) is 5.17. The van der Waals surface area contributed by atoms with Crippen LogP contribution < -0.4 is 10.1 Å². The molecule has 2 N–H and O–H groups in total. The second kappa shape index (κ2) is 5.09. The molecule has 2 atom stereocenters. The van der Waals surface area contributed by atoms with Crippen LogP contribution in [0.25, 0.3) is 0 Å². The van der Waals surface area contributed by atoms with Crippen LogP contribution in [0.3, 0.4) is 0 Å². The van der Waals surface area contributed by atoms with E-state index in [1.54, 1.807) is 39.2 Å². The summed E-state index contributed by atoms with van der Waals surface area (Å²) in [4.78, 5) is 23.2. The summed E-state index contributed by atoms with van der Waals surface area (Å²) in [7, 11) is 1.56. The lowest BCUT2D eigenvalue weighted by Crippen LogP contribution is -2.17. The number of carboxylic acids is 1. The molecule has 1 aliphatic rings. The van der Waals surface area contributed by atoms with Gasteiger partial charge in [-0.25, -0.2) is 0 Å². The molecule has 0 heterocycles. The number of halogens is 1. The van der Waals surface area contributed by atoms with Crippen molar-refractivity contribution in [2.75, 3.05) is 12.4 Å². The van der Waals surface area contributed by atoms with Crippen LogP contribution >= 0.6 is 15.9 Å². The lowest BCUT2D eigenvalue weighted by Gasteiger charge is -2.08. The number of nitrogens with one attached hydrogen (secondary N) is 1. The number of carboxylic acid groups (broad SMARTS) is 1. The topological polar surface area (TPSA) is 75.6 Å². The second-order valence-corrected chi connectivity index (χ2v) is 6.31. The summed E-state index contributed by atoms with van der Waals surface area (Å²) in [5.41, 5.74) is 0.106. The van der Waals surface area contributed by atoms with Crippen molar-refractivity contribution < 1.29 is 19.4 Å². The van der Waals surface area contributed by atoms with Gasteiger partial charge in [-0.05, 0) is 39.5 Å². The number of amides is 1. The zero-order valence-electron chi connectivity index (χ0n) is 11.4. The van der Waals surface area contributed by atoms with E-state index < -0.39 is 23.2 Å². The molecule has 20 heavy (non-hydrogen) atoms. The van der Waals surface area contributed by atoms with E-state index in [-0.39, 0.29) is 5.91 Å². The van der Waals surface area contributed by atoms with E-state index in [0.29, 0.717) is 11.4 Å². The molecule has 1 fully saturated rings. The van der Waals surface area contributed by atoms with Crippen molar-refractivity contribution in [3.63, 3.8) is 0 Å². The molecule has 2 rings (SSSR count). The number of rotatable bonds is 4. The van der Waals surface area contributed by atoms with Gasteiger partial charge in [0.15, 0.2) is 0 Å². The average molecular weight is 342 g/mol. The number of ether oxygens (including phenoxy) is 1. The van der Waals surface area contributed by atoms with Crippen LogP contribution in [0.1, 0.15) is 13.8 Å². The van der Waals surface area contributed by atoms with Crippen LogP contribution in [0, 0.1) is 17.3 Å². The van der Waals surface area contributed by atoms with Gasteiger partial charge < -0.3 is 15.2 Å². The van der Waals surface area contributed by atoms with E-state index in [2.05, 4.69) is 21.2 Å². The van der Waals surface area contributed by atoms with E-state index in [0.717, 1.165) is 4.47 Å². The third-order valence-electron chi connectivity index (χ3n) is 3.80. The van der Waals surface area contributed by atoms with Crippen molar-refractivity contribution in [1.82, 2.24) is 0 Å². The van der Waals surface area contributed by atoms with Crippen molar-refractivity contribution in [3.8, 4) is 5.75 Å². The third-order valence-corrected chi connectivity index (χ3v) is 4.41. The van der Waals surface area contributed by atoms with Crippen molar-refractivity contribution >= 4 is 33.5 Å². The first-order chi connectivity index (χ1) is 9.28. The minimum Gasteiger partial charge on any atom is -0.496 e. The molecule has 0 unspecified atom stereocenters. The summed E-state index contributed by atoms with van der Waals surface area (Å²) >= 11 is 3.34. The minimum atomic E-state index is -0.925. The maximum absolute atomic E-state index is 12.1. The van der Waals surface area contributed by atoms with Crippen LogP contribution in [0.5, 0.6) is 5.75 Å². The molecule has 0 saturated heterocycles. The highest BCUT2D eigenvalue weighted by atomic mass is 79.9. The molecule has 0 radical (unpaired) electrons. The number of methoxy groups -OCH3 is 1. The Morgan fingerprint density at radius 1 is 1.35 bits per heavy atom. The predicted octanol–water partition coefficient (Wildman–Crippen LogP) is 2.75. The number of carbonyl (C=O) groups excluding carboxylic acids is 1. The van der Waals surface area contributed by atoms with Crippen LogP contribution in [-0.2, 0) is 9.59 Å². The Morgan fingerprint density at radius 2 is 2.00 bits per heavy atom. The van der Waals surface area contributed by atoms with Crippen molar-refractivity contribution in [2.24, 2.45) is 17.3 Å². The maximum Gasteiger partial charge on any atom is 0.307 e. The molecule has 5 nitrogen and oxygen atoms in total. The van der Waals surface area contributed by atoms with E-state index in [9.17, 15) is 9.59 Å². The monoisotopic (exact) mass is 341 g/mol. The predicted molar refractivity (Wildman–Crippen MR) is 77.7 cm³/mol. The first kappa shape index (κ1) is 14.8. The van der Waals surface area contributed by atoms with Gasteiger partial charge in [0.05, 0.1) is 23.4 Å². The zero-order chi connectivity index (χ0) is 15.1. The lowest BCUT2D eigenvalue weighted by atomic mass is 10.1. The summed E-state index contributed by atoms with van der Waals surface area (Å²) in [6.45, 7) is 3.58. The zero-order valence-corrected chi connectivity index (χ0v) is 13.0. The fraction of sp³-hybridized carbons (Fsp3) is 0.429. The molecule has 1 aromatic carbocycles. The molecule has 0 bridgehead atoms. The van der Waals surface area contributed by atoms with Crippen molar-refractivity contribution in [2.45, 2.75) is 13.8 Å². The quantitative estimate of drug-likeness (QED) is 0.882. The first-order valence-electron chi connectivity index (χ1n) is 6.16. The Morgan fingerprint density at radius 3 is 2.45 bits per heavy atom. The van der Waals surface area contributed by atoms with Gasteiger partial charge in [0, 0.05) is 5.69 Å². The van der Waals surface area contributed by atoms with Crippen molar-refractivity contribution in [3.05, 3.63) is 22.7 Å². The molecular formula is C14H16BrNO4. The number of hydrogen-bond acceptors (Lipinski definition) is 3. The Hall–Kier alpha value is -1.56. The molecule has 0 aromatic heterocycles. The maximum atomic E-state index is 12.1. The normalized spacial score (nSPS) is 23.0. The minimum absolute atomic E-state index is 0.264. The number of carbonyl (C=O) groups is 2. The van der Waals surface area contributed by atoms with Gasteiger partial charge in [-0.3, -0.25) is 9.59 Å². The fourth-order valence-corrected chi connectivity index (χ4v) is 3.09. The van der Waals surface area contributed by atoms with E-state index in [1.165, 1.54) is 0 Å². The Kier molecular flexibility index (Phi) is 3.77. The highest BCUT2D eigenvalue weighted by Crippen LogP contribution is 2.58. The molecule has 1 saturated carbocycles. The van der Waals surface area contributed by atoms with Gasteiger partial charge in [0.1, 0.15) is 5.75 Å². The summed E-state index contributed by atoms with van der Waals surface area (Å²) in [5, 5.41) is 11.8. The van der Waals surface area contributed by atoms with E-state index in [4.69, 9.17) is 9.84 Å². The van der Waals surface area contributed by atoms with E-state index >= 15 is 0 Å². The highest BCUT2D eigenvalue weighted by molar-refractivity contribution is 9.10. The summed E-state index contributed by atoms with van der Waals surface area (Å²) in [6.07, 6.45) is 0. The Bertz CT molecular complexity index is 570. The first-order valence-corrected chi connectivity index (χ1v) is 6.95. The molecule has 0 aliphatic heterocycles. The number of hydrogen-bond donors (Lipinski definition) is 2. The molecular weight excluding hydrogens is 326 g/mol. The van der Waals surface area contributed by atoms with Crippen LogP contribution in [0.2, 0.25) is 0 Å². The third kappa shape index (κ3) is 2.52. The van der Waals surface area contributed by atoms with Crippen LogP contribution in [-0.4, -0.2) is 24.1 Å². The average Bonchev–Trinajstić information content (AvgIpc) is 2.93. The van der Waals surface area contributed by atoms with Gasteiger partial charge in [-0.15, -0.1) is 0 Å². The highest BCUT2D eigenvalue weighted by Gasteiger charge is 2.65. The van der Waals surface area contributed by atoms with Gasteiger partial charge in [0.2, 0.25) is 5.91 Å². The smallest absolute Gasteiger partial charge is 0.307 e. The number of aliphatic carboxylic acids is 1. The summed E-state index contributed by atoms with van der Waals surface area (Å²) < 4.78 is 5.83. The summed E-state index contributed by atoms with van der Waals surface area (Å²) in [5.74, 6) is -1.64. The second-order valence-electron chi connectivity index (χ2n) is 5.45. The molecule has 1 aliphatic carbocycles. The molecule has 1 aromatic rings. The molecule has 0 spiro atoms. The van der Waals surface area contributed by atoms with E-state index in [1.807, 2.05) is 0 Å². The Labute approximate surface area is 125 Å². The number of anilines is 1. The SMILES string of the molecule is COc1ccc(NC(=O)[C@H]2[C@@H](C(=O)O)C2(C)C)cc1Br.